The highest BCUT2D eigenvalue weighted by Crippen LogP contribution is 2.57. The van der Waals surface area contributed by atoms with E-state index in [1.54, 1.807) is 0 Å². The van der Waals surface area contributed by atoms with E-state index in [0.717, 1.165) is 72.3 Å². The van der Waals surface area contributed by atoms with Crippen LogP contribution in [0, 0.1) is 0 Å². The topological polar surface area (TPSA) is 18.5 Å². The number of rotatable bonds is 20. The Labute approximate surface area is 310 Å². The van der Waals surface area contributed by atoms with Crippen molar-refractivity contribution in [1.29, 1.82) is 0 Å². The van der Waals surface area contributed by atoms with Crippen molar-refractivity contribution in [3.8, 4) is 11.5 Å². The Morgan fingerprint density at radius 1 is 0.500 bits per heavy atom. The molecule has 0 aliphatic carbocycles. The fraction of sp³-hybridized carbons (Fsp3) is 0.739. The normalized spacial score (nSPS) is 17.0. The smallest absolute Gasteiger partial charge is 0.414 e. The molecule has 2 aromatic rings. The fourth-order valence-corrected chi connectivity index (χ4v) is 8.82. The molecule has 0 radical (unpaired) electrons. The van der Waals surface area contributed by atoms with Gasteiger partial charge in [-0.1, -0.05) is 191 Å². The number of hydrogen-bond donors (Lipinski definition) is 0. The SMILES string of the molecule is CCCCCC(C)(C)c1cc2c(c(C(C)(C)CCCCC)c1)OP(F)Oc1c(cc(C(C)(C)CCCCC)cc1C(C)(C)CCCCC)C2C. The van der Waals surface area contributed by atoms with E-state index in [-0.39, 0.29) is 27.6 Å². The molecule has 0 atom stereocenters. The standard InChI is InChI=1S/C46H76FO2P/c1-14-18-22-26-43(6,7)35-30-37-34(5)38-31-36(44(8,9)27-23-19-15-2)33-40(46(12,13)29-25-21-17-4)42(38)49-50(47)48-41(37)39(32-35)45(10,11)28-24-20-16-3/h30-34H,14-29H2,1-13H3. The van der Waals surface area contributed by atoms with Crippen LogP contribution in [-0.4, -0.2) is 0 Å². The maximum Gasteiger partial charge on any atom is 0.505 e. The van der Waals surface area contributed by atoms with Crippen LogP contribution in [0.5, 0.6) is 11.5 Å². The van der Waals surface area contributed by atoms with Crippen LogP contribution in [0.2, 0.25) is 0 Å². The van der Waals surface area contributed by atoms with Crippen molar-refractivity contribution in [2.45, 2.75) is 220 Å². The summed E-state index contributed by atoms with van der Waals surface area (Å²) in [5.74, 6) is 1.43. The van der Waals surface area contributed by atoms with E-state index in [4.69, 9.17) is 9.05 Å². The number of hydrogen-bond acceptors (Lipinski definition) is 2. The first-order chi connectivity index (χ1) is 23.5. The van der Waals surface area contributed by atoms with E-state index >= 15 is 4.20 Å². The van der Waals surface area contributed by atoms with Gasteiger partial charge >= 0.3 is 8.69 Å². The van der Waals surface area contributed by atoms with Gasteiger partial charge in [-0.05, 0) is 58.5 Å². The highest BCUT2D eigenvalue weighted by atomic mass is 31.2. The van der Waals surface area contributed by atoms with Gasteiger partial charge in [-0.25, -0.2) is 0 Å². The lowest BCUT2D eigenvalue weighted by Gasteiger charge is -2.37. The minimum absolute atomic E-state index is 0.00411. The van der Waals surface area contributed by atoms with E-state index in [2.05, 4.69) is 114 Å². The average molecular weight is 711 g/mol. The molecule has 0 N–H and O–H groups in total. The summed E-state index contributed by atoms with van der Waals surface area (Å²) in [5.41, 5.74) is 6.89. The summed E-state index contributed by atoms with van der Waals surface area (Å²) in [5, 5.41) is 0. The van der Waals surface area contributed by atoms with Gasteiger partial charge in [-0.3, -0.25) is 0 Å². The zero-order valence-electron chi connectivity index (χ0n) is 34.8. The molecule has 284 valence electrons. The zero-order valence-corrected chi connectivity index (χ0v) is 35.7. The minimum atomic E-state index is -2.69. The maximum absolute atomic E-state index is 16.6. The van der Waals surface area contributed by atoms with Gasteiger partial charge < -0.3 is 9.05 Å². The number of halogens is 1. The number of benzene rings is 2. The lowest BCUT2D eigenvalue weighted by molar-refractivity contribution is 0.382. The minimum Gasteiger partial charge on any atom is -0.414 e. The Morgan fingerprint density at radius 3 is 1.10 bits per heavy atom. The summed E-state index contributed by atoms with van der Waals surface area (Å²) >= 11 is 0. The van der Waals surface area contributed by atoms with Crippen molar-refractivity contribution < 1.29 is 13.2 Å². The third-order valence-electron chi connectivity index (χ3n) is 12.1. The lowest BCUT2D eigenvalue weighted by Crippen LogP contribution is -2.26. The molecule has 1 aliphatic rings. The highest BCUT2D eigenvalue weighted by Gasteiger charge is 2.39. The summed E-state index contributed by atoms with van der Waals surface area (Å²) in [6.07, 6.45) is 18.7. The Hall–Kier alpha value is -1.60. The van der Waals surface area contributed by atoms with Crippen LogP contribution in [0.25, 0.3) is 0 Å². The molecule has 0 fully saturated rings. The van der Waals surface area contributed by atoms with Crippen LogP contribution in [0.3, 0.4) is 0 Å². The van der Waals surface area contributed by atoms with Crippen LogP contribution in [0.1, 0.15) is 232 Å². The first-order valence-electron chi connectivity index (χ1n) is 20.6. The Bertz CT molecular complexity index is 1250. The van der Waals surface area contributed by atoms with Gasteiger partial charge in [0.25, 0.3) is 0 Å². The predicted molar refractivity (Wildman–Crippen MR) is 218 cm³/mol. The largest absolute Gasteiger partial charge is 0.505 e. The third-order valence-corrected chi connectivity index (χ3v) is 12.8. The van der Waals surface area contributed by atoms with Gasteiger partial charge in [-0.15, -0.1) is 4.20 Å². The van der Waals surface area contributed by atoms with E-state index in [1.165, 1.54) is 75.3 Å². The molecule has 4 heteroatoms. The zero-order chi connectivity index (χ0) is 37.3. The van der Waals surface area contributed by atoms with Gasteiger partial charge in [-0.2, -0.15) is 0 Å². The van der Waals surface area contributed by atoms with Gasteiger partial charge in [0.1, 0.15) is 11.5 Å². The van der Waals surface area contributed by atoms with Crippen molar-refractivity contribution in [3.05, 3.63) is 57.6 Å². The molecule has 0 amide bonds. The van der Waals surface area contributed by atoms with Crippen LogP contribution >= 0.6 is 8.69 Å². The number of fused-ring (bicyclic) bond motifs is 2. The summed E-state index contributed by atoms with van der Waals surface area (Å²) in [4.78, 5) is 0. The molecule has 2 nitrogen and oxygen atoms in total. The monoisotopic (exact) mass is 711 g/mol. The molecule has 0 bridgehead atoms. The second-order valence-electron chi connectivity index (χ2n) is 18.4. The molecule has 3 rings (SSSR count). The lowest BCUT2D eigenvalue weighted by atomic mass is 9.70. The molecule has 0 unspecified atom stereocenters. The highest BCUT2D eigenvalue weighted by molar-refractivity contribution is 7.42. The molecule has 0 aromatic heterocycles. The van der Waals surface area contributed by atoms with Gasteiger partial charge in [0.05, 0.1) is 0 Å². The maximum atomic E-state index is 16.6. The quantitative estimate of drug-likeness (QED) is 0.101. The van der Waals surface area contributed by atoms with Crippen LogP contribution in [-0.2, 0) is 21.7 Å². The van der Waals surface area contributed by atoms with E-state index in [9.17, 15) is 0 Å². The molecule has 50 heavy (non-hydrogen) atoms. The molecular weight excluding hydrogens is 634 g/mol. The summed E-state index contributed by atoms with van der Waals surface area (Å²) in [7, 11) is -2.69. The molecule has 1 aliphatic heterocycles. The van der Waals surface area contributed by atoms with Crippen molar-refractivity contribution >= 4 is 8.69 Å². The van der Waals surface area contributed by atoms with Crippen LogP contribution in [0.4, 0.5) is 4.20 Å². The van der Waals surface area contributed by atoms with E-state index in [1.807, 2.05) is 0 Å². The predicted octanol–water partition coefficient (Wildman–Crippen LogP) is 16.2. The van der Waals surface area contributed by atoms with Gasteiger partial charge in [0, 0.05) is 28.2 Å². The van der Waals surface area contributed by atoms with E-state index in [0.29, 0.717) is 0 Å². The van der Waals surface area contributed by atoms with Gasteiger partial charge in [0.2, 0.25) is 0 Å². The average Bonchev–Trinajstić information content (AvgIpc) is 3.04. The number of unbranched alkanes of at least 4 members (excludes halogenated alkanes) is 8. The van der Waals surface area contributed by atoms with Crippen LogP contribution in [0.15, 0.2) is 24.3 Å². The van der Waals surface area contributed by atoms with Crippen molar-refractivity contribution in [1.82, 2.24) is 0 Å². The molecule has 1 heterocycles. The molecular formula is C46H76FO2P. The van der Waals surface area contributed by atoms with Crippen LogP contribution < -0.4 is 9.05 Å². The third kappa shape index (κ3) is 10.7. The fourth-order valence-electron chi connectivity index (χ4n) is 8.09. The van der Waals surface area contributed by atoms with Crippen molar-refractivity contribution in [2.24, 2.45) is 0 Å². The Morgan fingerprint density at radius 2 is 0.800 bits per heavy atom. The second-order valence-corrected chi connectivity index (χ2v) is 19.2. The van der Waals surface area contributed by atoms with Crippen molar-refractivity contribution in [3.63, 3.8) is 0 Å². The second kappa shape index (κ2) is 18.4. The first-order valence-corrected chi connectivity index (χ1v) is 21.7. The summed E-state index contributed by atoms with van der Waals surface area (Å²) < 4.78 is 29.5. The molecule has 0 saturated carbocycles. The van der Waals surface area contributed by atoms with E-state index < -0.39 is 8.69 Å². The molecule has 0 saturated heterocycles. The Kier molecular flexibility index (Phi) is 15.8. The van der Waals surface area contributed by atoms with Gasteiger partial charge in [0.15, 0.2) is 0 Å². The molecule has 0 spiro atoms. The Balaban J connectivity index is 2.37. The summed E-state index contributed by atoms with van der Waals surface area (Å²) in [6, 6.07) is 9.54. The van der Waals surface area contributed by atoms with Crippen molar-refractivity contribution in [2.75, 3.05) is 0 Å². The molecule has 2 aromatic carbocycles. The summed E-state index contributed by atoms with van der Waals surface area (Å²) in [6.45, 7) is 30.4. The first kappa shape index (κ1) is 42.8.